The third-order valence-electron chi connectivity index (χ3n) is 2.95. The number of hydrogen-bond donors (Lipinski definition) is 1. The normalized spacial score (nSPS) is 10.5. The van der Waals surface area contributed by atoms with Gasteiger partial charge in [-0.25, -0.2) is 0 Å². The molecule has 2 aromatic rings. The topological polar surface area (TPSA) is 38.3 Å². The van der Waals surface area contributed by atoms with Crippen molar-refractivity contribution >= 4 is 17.7 Å². The van der Waals surface area contributed by atoms with Crippen molar-refractivity contribution in [3.63, 3.8) is 0 Å². The summed E-state index contributed by atoms with van der Waals surface area (Å²) in [6.07, 6.45) is 3.29. The van der Waals surface area contributed by atoms with Gasteiger partial charge in [-0.3, -0.25) is 4.79 Å². The van der Waals surface area contributed by atoms with E-state index < -0.39 is 0 Å². The Kier molecular flexibility index (Phi) is 4.56. The number of hydrogen-bond acceptors (Lipinski definition) is 2. The molecule has 0 saturated carbocycles. The standard InChI is InChI=1S/C17H17NO2/c1-13-5-3-4-6-16(13)18-17(19)12-9-14-7-10-15(20-2)11-8-14/h3-12H,1-2H3,(H,18,19)/b12-9+. The van der Waals surface area contributed by atoms with Gasteiger partial charge in [0, 0.05) is 11.8 Å². The van der Waals surface area contributed by atoms with Crippen molar-refractivity contribution in [2.45, 2.75) is 6.92 Å². The fourth-order valence-electron chi connectivity index (χ4n) is 1.77. The Morgan fingerprint density at radius 1 is 1.10 bits per heavy atom. The van der Waals surface area contributed by atoms with E-state index in [1.165, 1.54) is 6.08 Å². The first-order chi connectivity index (χ1) is 9.69. The molecule has 0 aliphatic heterocycles. The fourth-order valence-corrected chi connectivity index (χ4v) is 1.77. The molecule has 0 atom stereocenters. The zero-order chi connectivity index (χ0) is 14.4. The van der Waals surface area contributed by atoms with E-state index in [1.807, 2.05) is 55.5 Å². The first-order valence-corrected chi connectivity index (χ1v) is 6.38. The lowest BCUT2D eigenvalue weighted by atomic mass is 10.2. The molecular formula is C17H17NO2. The van der Waals surface area contributed by atoms with Gasteiger partial charge in [0.2, 0.25) is 5.91 Å². The molecule has 0 aliphatic carbocycles. The number of amides is 1. The molecule has 1 amide bonds. The number of benzene rings is 2. The Morgan fingerprint density at radius 2 is 1.80 bits per heavy atom. The van der Waals surface area contributed by atoms with Crippen LogP contribution in [0.15, 0.2) is 54.6 Å². The second-order valence-electron chi connectivity index (χ2n) is 4.41. The molecule has 0 fully saturated rings. The van der Waals surface area contributed by atoms with E-state index in [0.717, 1.165) is 22.6 Å². The summed E-state index contributed by atoms with van der Waals surface area (Å²) in [6, 6.07) is 15.2. The van der Waals surface area contributed by atoms with Crippen LogP contribution in [0, 0.1) is 6.92 Å². The van der Waals surface area contributed by atoms with Crippen molar-refractivity contribution < 1.29 is 9.53 Å². The maximum atomic E-state index is 11.8. The van der Waals surface area contributed by atoms with E-state index in [9.17, 15) is 4.79 Å². The van der Waals surface area contributed by atoms with Crippen molar-refractivity contribution in [3.05, 3.63) is 65.7 Å². The molecule has 102 valence electrons. The highest BCUT2D eigenvalue weighted by molar-refractivity contribution is 6.02. The van der Waals surface area contributed by atoms with Gasteiger partial charge in [0.25, 0.3) is 0 Å². The number of aryl methyl sites for hydroxylation is 1. The number of para-hydroxylation sites is 1. The van der Waals surface area contributed by atoms with Crippen LogP contribution in [0.3, 0.4) is 0 Å². The second-order valence-corrected chi connectivity index (χ2v) is 4.41. The summed E-state index contributed by atoms with van der Waals surface area (Å²) >= 11 is 0. The van der Waals surface area contributed by atoms with Crippen LogP contribution in [0.2, 0.25) is 0 Å². The second kappa shape index (κ2) is 6.57. The number of carbonyl (C=O) groups is 1. The largest absolute Gasteiger partial charge is 0.497 e. The van der Waals surface area contributed by atoms with Crippen LogP contribution >= 0.6 is 0 Å². The molecule has 0 aliphatic rings. The van der Waals surface area contributed by atoms with Crippen molar-refractivity contribution in [2.24, 2.45) is 0 Å². The Labute approximate surface area is 118 Å². The maximum absolute atomic E-state index is 11.8. The SMILES string of the molecule is COc1ccc(/C=C/C(=O)Nc2ccccc2C)cc1. The molecule has 2 aromatic carbocycles. The lowest BCUT2D eigenvalue weighted by Crippen LogP contribution is -2.08. The number of carbonyl (C=O) groups excluding carboxylic acids is 1. The van der Waals surface area contributed by atoms with Crippen LogP contribution in [0.5, 0.6) is 5.75 Å². The van der Waals surface area contributed by atoms with Gasteiger partial charge in [-0.15, -0.1) is 0 Å². The highest BCUT2D eigenvalue weighted by Gasteiger charge is 2.00. The monoisotopic (exact) mass is 267 g/mol. The summed E-state index contributed by atoms with van der Waals surface area (Å²) in [5, 5.41) is 2.85. The molecular weight excluding hydrogens is 250 g/mol. The van der Waals surface area contributed by atoms with Crippen molar-refractivity contribution in [3.8, 4) is 5.75 Å². The Bertz CT molecular complexity index is 615. The van der Waals surface area contributed by atoms with Gasteiger partial charge in [0.1, 0.15) is 5.75 Å². The van der Waals surface area contributed by atoms with E-state index in [-0.39, 0.29) is 5.91 Å². The van der Waals surface area contributed by atoms with Crippen LogP contribution in [-0.2, 0) is 4.79 Å². The molecule has 20 heavy (non-hydrogen) atoms. The minimum Gasteiger partial charge on any atom is -0.497 e. The van der Waals surface area contributed by atoms with Gasteiger partial charge in [0.15, 0.2) is 0 Å². The van der Waals surface area contributed by atoms with Gasteiger partial charge in [0.05, 0.1) is 7.11 Å². The summed E-state index contributed by atoms with van der Waals surface area (Å²) < 4.78 is 5.08. The van der Waals surface area contributed by atoms with E-state index >= 15 is 0 Å². The number of methoxy groups -OCH3 is 1. The third kappa shape index (κ3) is 3.72. The average molecular weight is 267 g/mol. The zero-order valence-electron chi connectivity index (χ0n) is 11.6. The molecule has 0 heterocycles. The molecule has 2 rings (SSSR count). The smallest absolute Gasteiger partial charge is 0.248 e. The minimum absolute atomic E-state index is 0.143. The van der Waals surface area contributed by atoms with Crippen LogP contribution in [-0.4, -0.2) is 13.0 Å². The Balaban J connectivity index is 2.00. The number of nitrogens with one attached hydrogen (secondary N) is 1. The van der Waals surface area contributed by atoms with Gasteiger partial charge in [-0.1, -0.05) is 30.3 Å². The summed E-state index contributed by atoms with van der Waals surface area (Å²) in [5.41, 5.74) is 2.82. The average Bonchev–Trinajstić information content (AvgIpc) is 2.48. The number of rotatable bonds is 4. The summed E-state index contributed by atoms with van der Waals surface area (Å²) in [5.74, 6) is 0.654. The Hall–Kier alpha value is -2.55. The van der Waals surface area contributed by atoms with Crippen molar-refractivity contribution in [1.29, 1.82) is 0 Å². The van der Waals surface area contributed by atoms with E-state index in [4.69, 9.17) is 4.74 Å². The Morgan fingerprint density at radius 3 is 2.45 bits per heavy atom. The van der Waals surface area contributed by atoms with Crippen LogP contribution in [0.1, 0.15) is 11.1 Å². The van der Waals surface area contributed by atoms with E-state index in [2.05, 4.69) is 5.32 Å². The molecule has 0 aromatic heterocycles. The van der Waals surface area contributed by atoms with Gasteiger partial charge >= 0.3 is 0 Å². The van der Waals surface area contributed by atoms with Crippen molar-refractivity contribution in [2.75, 3.05) is 12.4 Å². The molecule has 0 radical (unpaired) electrons. The molecule has 0 unspecified atom stereocenters. The van der Waals surface area contributed by atoms with E-state index in [0.29, 0.717) is 0 Å². The third-order valence-corrected chi connectivity index (χ3v) is 2.95. The molecule has 3 heteroatoms. The fraction of sp³-hybridized carbons (Fsp3) is 0.118. The van der Waals surface area contributed by atoms with Crippen molar-refractivity contribution in [1.82, 2.24) is 0 Å². The molecule has 1 N–H and O–H groups in total. The number of anilines is 1. The lowest BCUT2D eigenvalue weighted by Gasteiger charge is -2.05. The summed E-state index contributed by atoms with van der Waals surface area (Å²) in [6.45, 7) is 1.96. The van der Waals surface area contributed by atoms with Crippen LogP contribution in [0.4, 0.5) is 5.69 Å². The van der Waals surface area contributed by atoms with Crippen LogP contribution < -0.4 is 10.1 Å². The summed E-state index contributed by atoms with van der Waals surface area (Å²) in [4.78, 5) is 11.8. The summed E-state index contributed by atoms with van der Waals surface area (Å²) in [7, 11) is 1.63. The predicted octanol–water partition coefficient (Wildman–Crippen LogP) is 3.66. The first-order valence-electron chi connectivity index (χ1n) is 6.38. The highest BCUT2D eigenvalue weighted by Crippen LogP contribution is 2.14. The maximum Gasteiger partial charge on any atom is 0.248 e. The zero-order valence-corrected chi connectivity index (χ0v) is 11.6. The van der Waals surface area contributed by atoms with Gasteiger partial charge in [-0.05, 0) is 42.3 Å². The van der Waals surface area contributed by atoms with Gasteiger partial charge in [-0.2, -0.15) is 0 Å². The van der Waals surface area contributed by atoms with Crippen LogP contribution in [0.25, 0.3) is 6.08 Å². The van der Waals surface area contributed by atoms with Gasteiger partial charge < -0.3 is 10.1 Å². The lowest BCUT2D eigenvalue weighted by molar-refractivity contribution is -0.111. The predicted molar refractivity (Wildman–Crippen MR) is 81.8 cm³/mol. The quantitative estimate of drug-likeness (QED) is 0.859. The molecule has 0 spiro atoms. The number of ether oxygens (including phenoxy) is 1. The minimum atomic E-state index is -0.143. The first kappa shape index (κ1) is 13.9. The highest BCUT2D eigenvalue weighted by atomic mass is 16.5. The van der Waals surface area contributed by atoms with E-state index in [1.54, 1.807) is 13.2 Å². The molecule has 3 nitrogen and oxygen atoms in total. The molecule has 0 saturated heterocycles. The molecule has 0 bridgehead atoms.